The minimum Gasteiger partial charge on any atom is -0.465 e. The first kappa shape index (κ1) is 20.5. The van der Waals surface area contributed by atoms with Crippen molar-refractivity contribution in [3.8, 4) is 0 Å². The van der Waals surface area contributed by atoms with Crippen LogP contribution in [-0.4, -0.2) is 31.4 Å². The third-order valence-corrected chi connectivity index (χ3v) is 4.49. The second-order valence-electron chi connectivity index (χ2n) is 5.92. The van der Waals surface area contributed by atoms with E-state index in [-0.39, 0.29) is 24.8 Å². The van der Waals surface area contributed by atoms with Gasteiger partial charge in [0.1, 0.15) is 0 Å². The number of hydrogen-bond donors (Lipinski definition) is 1. The third-order valence-electron chi connectivity index (χ3n) is 4.08. The van der Waals surface area contributed by atoms with E-state index >= 15 is 0 Å². The molecule has 27 heavy (non-hydrogen) atoms. The number of esters is 1. The van der Waals surface area contributed by atoms with Crippen LogP contribution in [0.25, 0.3) is 0 Å². The molecule has 0 aromatic heterocycles. The van der Waals surface area contributed by atoms with Gasteiger partial charge in [-0.1, -0.05) is 17.7 Å². The van der Waals surface area contributed by atoms with E-state index in [1.165, 1.54) is 18.9 Å². The Labute approximate surface area is 163 Å². The van der Waals surface area contributed by atoms with Crippen LogP contribution >= 0.6 is 11.6 Å². The van der Waals surface area contributed by atoms with E-state index in [1.54, 1.807) is 42.5 Å². The summed E-state index contributed by atoms with van der Waals surface area (Å²) in [5.41, 5.74) is 2.42. The molecule has 6 nitrogen and oxygen atoms in total. The van der Waals surface area contributed by atoms with Crippen molar-refractivity contribution in [3.05, 3.63) is 58.6 Å². The maximum absolute atomic E-state index is 12.3. The molecule has 0 aliphatic heterocycles. The Hall–Kier alpha value is -2.86. The van der Waals surface area contributed by atoms with Crippen LogP contribution in [0.1, 0.15) is 29.3 Å². The second kappa shape index (κ2) is 9.19. The molecule has 0 unspecified atom stereocenters. The van der Waals surface area contributed by atoms with E-state index in [4.69, 9.17) is 11.6 Å². The van der Waals surface area contributed by atoms with Gasteiger partial charge < -0.3 is 15.0 Å². The van der Waals surface area contributed by atoms with Gasteiger partial charge in [0.2, 0.25) is 11.8 Å². The molecule has 2 aromatic rings. The lowest BCUT2D eigenvalue weighted by Crippen LogP contribution is -2.32. The molecule has 0 heterocycles. The molecular formula is C20H21ClN2O4. The molecule has 0 atom stereocenters. The topological polar surface area (TPSA) is 75.7 Å². The largest absolute Gasteiger partial charge is 0.465 e. The van der Waals surface area contributed by atoms with Gasteiger partial charge >= 0.3 is 5.97 Å². The molecule has 0 radical (unpaired) electrons. The summed E-state index contributed by atoms with van der Waals surface area (Å²) >= 11 is 6.05. The zero-order chi connectivity index (χ0) is 20.0. The standard InChI is InChI=1S/C20H21ClN2O4/c1-13-17(21)5-4-6-18(13)22-19(25)11-12-23(14(2)24)16-9-7-15(8-10-16)20(26)27-3/h4-10H,11-12H2,1-3H3,(H,22,25). The molecule has 0 saturated carbocycles. The fourth-order valence-electron chi connectivity index (χ4n) is 2.53. The average Bonchev–Trinajstić information content (AvgIpc) is 2.65. The quantitative estimate of drug-likeness (QED) is 0.763. The summed E-state index contributed by atoms with van der Waals surface area (Å²) < 4.78 is 4.66. The van der Waals surface area contributed by atoms with E-state index in [2.05, 4.69) is 10.1 Å². The number of carbonyl (C=O) groups excluding carboxylic acids is 3. The summed E-state index contributed by atoms with van der Waals surface area (Å²) in [6.45, 7) is 3.45. The van der Waals surface area contributed by atoms with Crippen molar-refractivity contribution in [3.63, 3.8) is 0 Å². The second-order valence-corrected chi connectivity index (χ2v) is 6.33. The molecule has 2 amide bonds. The number of nitrogens with zero attached hydrogens (tertiary/aromatic N) is 1. The average molecular weight is 389 g/mol. The summed E-state index contributed by atoms with van der Waals surface area (Å²) in [5.74, 6) is -0.877. The number of rotatable bonds is 6. The fourth-order valence-corrected chi connectivity index (χ4v) is 2.71. The Morgan fingerprint density at radius 1 is 1.11 bits per heavy atom. The van der Waals surface area contributed by atoms with Crippen molar-refractivity contribution in [2.75, 3.05) is 23.9 Å². The van der Waals surface area contributed by atoms with Crippen LogP contribution in [0.2, 0.25) is 5.02 Å². The van der Waals surface area contributed by atoms with Crippen molar-refractivity contribution < 1.29 is 19.1 Å². The van der Waals surface area contributed by atoms with Gasteiger partial charge in [0.05, 0.1) is 12.7 Å². The predicted molar refractivity (Wildman–Crippen MR) is 105 cm³/mol. The summed E-state index contributed by atoms with van der Waals surface area (Å²) in [4.78, 5) is 37.2. The number of nitrogens with one attached hydrogen (secondary N) is 1. The molecule has 0 aliphatic carbocycles. The molecular weight excluding hydrogens is 368 g/mol. The zero-order valence-corrected chi connectivity index (χ0v) is 16.2. The fraction of sp³-hybridized carbons (Fsp3) is 0.250. The highest BCUT2D eigenvalue weighted by molar-refractivity contribution is 6.31. The van der Waals surface area contributed by atoms with E-state index in [0.717, 1.165) is 5.56 Å². The summed E-state index contributed by atoms with van der Waals surface area (Å²) in [6, 6.07) is 11.7. The number of benzene rings is 2. The van der Waals surface area contributed by atoms with Crippen molar-refractivity contribution in [1.29, 1.82) is 0 Å². The molecule has 0 fully saturated rings. The number of methoxy groups -OCH3 is 1. The van der Waals surface area contributed by atoms with Gasteiger partial charge in [-0.3, -0.25) is 9.59 Å². The van der Waals surface area contributed by atoms with Gasteiger partial charge in [-0.05, 0) is 48.9 Å². The smallest absolute Gasteiger partial charge is 0.337 e. The van der Waals surface area contributed by atoms with Crippen LogP contribution in [-0.2, 0) is 14.3 Å². The van der Waals surface area contributed by atoms with Crippen LogP contribution in [0.15, 0.2) is 42.5 Å². The number of hydrogen-bond acceptors (Lipinski definition) is 4. The highest BCUT2D eigenvalue weighted by Gasteiger charge is 2.15. The Morgan fingerprint density at radius 2 is 1.78 bits per heavy atom. The van der Waals surface area contributed by atoms with E-state index in [9.17, 15) is 14.4 Å². The minimum atomic E-state index is -0.452. The van der Waals surface area contributed by atoms with Gasteiger partial charge in [0, 0.05) is 36.3 Å². The van der Waals surface area contributed by atoms with E-state index < -0.39 is 5.97 Å². The maximum atomic E-state index is 12.3. The predicted octanol–water partition coefficient (Wildman–Crippen LogP) is 3.82. The summed E-state index contributed by atoms with van der Waals surface area (Å²) in [6.07, 6.45) is 0.115. The Balaban J connectivity index is 2.04. The lowest BCUT2D eigenvalue weighted by molar-refractivity contribution is -0.117. The molecule has 7 heteroatoms. The number of amides is 2. The first-order valence-corrected chi connectivity index (χ1v) is 8.72. The first-order chi connectivity index (χ1) is 12.8. The Bertz CT molecular complexity index is 850. The molecule has 0 saturated heterocycles. The van der Waals surface area contributed by atoms with Crippen molar-refractivity contribution in [1.82, 2.24) is 0 Å². The Morgan fingerprint density at radius 3 is 2.37 bits per heavy atom. The van der Waals surface area contributed by atoms with Gasteiger partial charge in [0.25, 0.3) is 0 Å². The molecule has 0 aliphatic rings. The highest BCUT2D eigenvalue weighted by Crippen LogP contribution is 2.23. The highest BCUT2D eigenvalue weighted by atomic mass is 35.5. The van der Waals surface area contributed by atoms with Crippen LogP contribution in [0, 0.1) is 6.92 Å². The SMILES string of the molecule is COC(=O)c1ccc(N(CCC(=O)Nc2cccc(Cl)c2C)C(C)=O)cc1. The number of ether oxygens (including phenoxy) is 1. The van der Waals surface area contributed by atoms with Gasteiger partial charge in [-0.2, -0.15) is 0 Å². The lowest BCUT2D eigenvalue weighted by atomic mass is 10.2. The number of halogens is 1. The van der Waals surface area contributed by atoms with Crippen LogP contribution in [0.3, 0.4) is 0 Å². The monoisotopic (exact) mass is 388 g/mol. The van der Waals surface area contributed by atoms with Crippen molar-refractivity contribution in [2.45, 2.75) is 20.3 Å². The Kier molecular flexibility index (Phi) is 6.96. The zero-order valence-electron chi connectivity index (χ0n) is 15.4. The third kappa shape index (κ3) is 5.31. The number of carbonyl (C=O) groups is 3. The van der Waals surface area contributed by atoms with E-state index in [0.29, 0.717) is 22.0 Å². The van der Waals surface area contributed by atoms with Gasteiger partial charge in [-0.15, -0.1) is 0 Å². The molecule has 142 valence electrons. The van der Waals surface area contributed by atoms with Gasteiger partial charge in [0.15, 0.2) is 0 Å². The van der Waals surface area contributed by atoms with Crippen LogP contribution in [0.5, 0.6) is 0 Å². The normalized spacial score (nSPS) is 10.2. The molecule has 0 bridgehead atoms. The van der Waals surface area contributed by atoms with Crippen LogP contribution < -0.4 is 10.2 Å². The molecule has 2 rings (SSSR count). The van der Waals surface area contributed by atoms with Gasteiger partial charge in [-0.25, -0.2) is 4.79 Å². The number of anilines is 2. The van der Waals surface area contributed by atoms with E-state index in [1.807, 2.05) is 6.92 Å². The first-order valence-electron chi connectivity index (χ1n) is 8.35. The summed E-state index contributed by atoms with van der Waals surface area (Å²) in [7, 11) is 1.30. The molecule has 2 aromatic carbocycles. The minimum absolute atomic E-state index is 0.115. The maximum Gasteiger partial charge on any atom is 0.337 e. The molecule has 0 spiro atoms. The van der Waals surface area contributed by atoms with Crippen molar-refractivity contribution >= 4 is 40.8 Å². The summed E-state index contributed by atoms with van der Waals surface area (Å²) in [5, 5.41) is 3.38. The van der Waals surface area contributed by atoms with Crippen molar-refractivity contribution in [2.24, 2.45) is 0 Å². The molecule has 1 N–H and O–H groups in total. The van der Waals surface area contributed by atoms with Crippen LogP contribution in [0.4, 0.5) is 11.4 Å². The lowest BCUT2D eigenvalue weighted by Gasteiger charge is -2.21.